The lowest BCUT2D eigenvalue weighted by atomic mass is 9.33. The molecule has 12 rings (SSSR count). The normalized spacial score (nSPS) is 38.8. The standard InChI is InChI=1S/C63H88N2O7/c1-58(2)57(72-58)48(68)33-59(3)23-17-40-35-64-53-44(31-37-29-41(38-13-9-8-10-14-38)32-42(30-37)39-21-27-71-28-22-39)46(20-26-66)65(54(40)53)36-45-51-52(59)47(67)34-62(51,6)61(5)25-18-49-60(4,56(61)55(45)70)24-19-50(69)63(49,7)43-15-11-12-16-43/h29-30,32,35,38-39,43,45,48-49,55-57,64,66,68,70H,8-28,31,33-34,36H2,1-7H3/t45-,48-,49-,55-,56-,57-,59+,60-,61+,62+,63+/m1/s1. The molecule has 0 radical (unpaired) electrons. The second kappa shape index (κ2) is 17.7. The van der Waals surface area contributed by atoms with Gasteiger partial charge in [0.25, 0.3) is 0 Å². The molecule has 392 valence electrons. The Kier molecular flexibility index (Phi) is 12.3. The molecule has 3 aromatic rings. The fourth-order valence-corrected chi connectivity index (χ4v) is 19.5. The molecule has 9 heteroatoms. The summed E-state index contributed by atoms with van der Waals surface area (Å²) in [5.74, 6) is 1.70. The van der Waals surface area contributed by atoms with E-state index in [1.807, 2.05) is 13.8 Å². The number of ketones is 2. The van der Waals surface area contributed by atoms with Gasteiger partial charge in [0.1, 0.15) is 11.9 Å². The Labute approximate surface area is 430 Å². The second-order valence-electron chi connectivity index (χ2n) is 27.4. The largest absolute Gasteiger partial charge is 0.396 e. The molecule has 9 aliphatic rings. The van der Waals surface area contributed by atoms with Gasteiger partial charge in [-0.15, -0.1) is 0 Å². The number of aromatic nitrogens is 2. The number of nitrogens with one attached hydrogen (secondary N) is 1. The number of rotatable bonds is 10. The van der Waals surface area contributed by atoms with E-state index in [9.17, 15) is 20.1 Å². The van der Waals surface area contributed by atoms with Gasteiger partial charge >= 0.3 is 0 Å². The van der Waals surface area contributed by atoms with Gasteiger partial charge in [0.2, 0.25) is 0 Å². The first-order valence-corrected chi connectivity index (χ1v) is 29.2. The van der Waals surface area contributed by atoms with Crippen molar-refractivity contribution in [1.82, 2.24) is 9.55 Å². The van der Waals surface area contributed by atoms with Crippen LogP contribution in [0.2, 0.25) is 0 Å². The molecule has 72 heavy (non-hydrogen) atoms. The summed E-state index contributed by atoms with van der Waals surface area (Å²) in [6.07, 6.45) is 20.0. The molecule has 1 aromatic carbocycles. The highest BCUT2D eigenvalue weighted by Crippen LogP contribution is 2.76. The average Bonchev–Trinajstić information content (AvgIpc) is 3.88. The lowest BCUT2D eigenvalue weighted by Crippen LogP contribution is -2.68. The lowest BCUT2D eigenvalue weighted by Gasteiger charge is -2.70. The van der Waals surface area contributed by atoms with Gasteiger partial charge in [0, 0.05) is 91.8 Å². The van der Waals surface area contributed by atoms with Crippen LogP contribution < -0.4 is 0 Å². The average molecular weight is 985 g/mol. The minimum atomic E-state index is -0.772. The van der Waals surface area contributed by atoms with Gasteiger partial charge < -0.3 is 34.3 Å². The molecule has 5 heterocycles. The van der Waals surface area contributed by atoms with E-state index >= 15 is 4.79 Å². The highest BCUT2D eigenvalue weighted by molar-refractivity contribution is 6.02. The molecule has 2 aromatic heterocycles. The van der Waals surface area contributed by atoms with Gasteiger partial charge in [0.15, 0.2) is 5.78 Å². The summed E-state index contributed by atoms with van der Waals surface area (Å²) in [4.78, 5) is 34.0. The molecule has 2 saturated heterocycles. The summed E-state index contributed by atoms with van der Waals surface area (Å²) in [7, 11) is 0. The SMILES string of the molecule is CC1(C)O[C@@H]1[C@H](O)C[C@]1(C)CCc2c[nH]c3c(Cc4cc(C5CCCCC5)cc(C5CCOCC5)c4)c(CCO)n(c23)C[C@@H]2C3=C1C(=O)C[C@]3(C)[C@@]1(C)CC[C@@H]3[C@@](C)(CCC(=O)[C@@]3(C)C3CCCC3)[C@H]1[C@@H]2O. The van der Waals surface area contributed by atoms with Gasteiger partial charge in [-0.25, -0.2) is 0 Å². The van der Waals surface area contributed by atoms with E-state index in [2.05, 4.69) is 68.6 Å². The van der Waals surface area contributed by atoms with Crippen LogP contribution in [-0.4, -0.2) is 80.2 Å². The fraction of sp³-hybridized carbons (Fsp3) is 0.746. The maximum Gasteiger partial charge on any atom is 0.160 e. The van der Waals surface area contributed by atoms with Crippen LogP contribution in [0, 0.1) is 50.7 Å². The molecule has 5 saturated carbocycles. The first-order valence-electron chi connectivity index (χ1n) is 29.2. The molecular weight excluding hydrogens is 897 g/mol. The first-order chi connectivity index (χ1) is 34.4. The number of aliphatic hydroxyl groups is 3. The van der Waals surface area contributed by atoms with E-state index in [0.29, 0.717) is 68.6 Å². The van der Waals surface area contributed by atoms with Crippen LogP contribution in [0.1, 0.15) is 209 Å². The molecule has 11 atom stereocenters. The van der Waals surface area contributed by atoms with Gasteiger partial charge in [0.05, 0.1) is 28.8 Å². The van der Waals surface area contributed by atoms with Crippen molar-refractivity contribution in [3.8, 4) is 0 Å². The number of aryl methyl sites for hydroxylation is 1. The second-order valence-corrected chi connectivity index (χ2v) is 27.4. The predicted molar refractivity (Wildman–Crippen MR) is 282 cm³/mol. The quantitative estimate of drug-likeness (QED) is 0.148. The van der Waals surface area contributed by atoms with Crippen LogP contribution in [0.4, 0.5) is 0 Å². The summed E-state index contributed by atoms with van der Waals surface area (Å²) in [6, 6.07) is 7.54. The van der Waals surface area contributed by atoms with Crippen molar-refractivity contribution < 1.29 is 34.4 Å². The predicted octanol–water partition coefficient (Wildman–Crippen LogP) is 11.8. The minimum Gasteiger partial charge on any atom is -0.396 e. The van der Waals surface area contributed by atoms with Crippen LogP contribution in [0.5, 0.6) is 0 Å². The van der Waals surface area contributed by atoms with Crippen molar-refractivity contribution in [3.05, 3.63) is 69.1 Å². The topological polar surface area (TPSA) is 137 Å². The number of carbonyl (C=O) groups is 2. The Bertz CT molecular complexity index is 2620. The third-order valence-electron chi connectivity index (χ3n) is 23.3. The monoisotopic (exact) mass is 985 g/mol. The molecule has 4 N–H and O–H groups in total. The molecule has 3 aliphatic heterocycles. The Morgan fingerprint density at radius 3 is 2.19 bits per heavy atom. The highest BCUT2D eigenvalue weighted by Gasteiger charge is 2.73. The number of nitrogens with zero attached hydrogens (tertiary/aromatic N) is 1. The Morgan fingerprint density at radius 1 is 0.833 bits per heavy atom. The number of H-pyrrole nitrogens is 1. The molecular formula is C63H88N2O7. The maximum atomic E-state index is 15.6. The zero-order valence-electron chi connectivity index (χ0n) is 45.1. The molecule has 7 fully saturated rings. The number of epoxide rings is 1. The molecule has 0 amide bonds. The van der Waals surface area contributed by atoms with Gasteiger partial charge in [-0.3, -0.25) is 9.59 Å². The molecule has 9 nitrogen and oxygen atoms in total. The molecule has 0 unspecified atom stereocenters. The Morgan fingerprint density at radius 2 is 1.51 bits per heavy atom. The summed E-state index contributed by atoms with van der Waals surface area (Å²) < 4.78 is 14.5. The summed E-state index contributed by atoms with van der Waals surface area (Å²) >= 11 is 0. The van der Waals surface area contributed by atoms with Crippen LogP contribution in [0.3, 0.4) is 0 Å². The lowest BCUT2D eigenvalue weighted by molar-refractivity contribution is -0.227. The van der Waals surface area contributed by atoms with Crippen molar-refractivity contribution in [2.45, 2.75) is 226 Å². The van der Waals surface area contributed by atoms with Crippen molar-refractivity contribution in [2.24, 2.45) is 50.7 Å². The van der Waals surface area contributed by atoms with Crippen molar-refractivity contribution >= 4 is 22.6 Å². The molecule has 6 aliphatic carbocycles. The van der Waals surface area contributed by atoms with E-state index in [4.69, 9.17) is 9.47 Å². The number of hydrogen-bond donors (Lipinski definition) is 4. The summed E-state index contributed by atoms with van der Waals surface area (Å²) in [5.41, 5.74) is 9.32. The zero-order chi connectivity index (χ0) is 50.3. The van der Waals surface area contributed by atoms with Crippen LogP contribution in [-0.2, 0) is 44.9 Å². The summed E-state index contributed by atoms with van der Waals surface area (Å²) in [6.45, 7) is 18.1. The third-order valence-corrected chi connectivity index (χ3v) is 23.3. The molecule has 0 bridgehead atoms. The van der Waals surface area contributed by atoms with E-state index < -0.39 is 39.5 Å². The van der Waals surface area contributed by atoms with Crippen molar-refractivity contribution in [1.29, 1.82) is 0 Å². The smallest absolute Gasteiger partial charge is 0.160 e. The van der Waals surface area contributed by atoms with Gasteiger partial charge in [-0.2, -0.15) is 0 Å². The van der Waals surface area contributed by atoms with Crippen LogP contribution in [0.15, 0.2) is 35.5 Å². The minimum absolute atomic E-state index is 0.00547. The molecule has 0 spiro atoms. The third kappa shape index (κ3) is 7.42. The van der Waals surface area contributed by atoms with Crippen molar-refractivity contribution in [3.63, 3.8) is 0 Å². The first kappa shape index (κ1) is 49.8. The zero-order valence-corrected chi connectivity index (χ0v) is 45.1. The van der Waals surface area contributed by atoms with Gasteiger partial charge in [-0.1, -0.05) is 84.9 Å². The Balaban J connectivity index is 1.03. The number of hydrogen-bond acceptors (Lipinski definition) is 7. The number of carbonyl (C=O) groups excluding carboxylic acids is 2. The number of allylic oxidation sites excluding steroid dienone is 1. The van der Waals surface area contributed by atoms with E-state index in [-0.39, 0.29) is 41.7 Å². The Hall–Kier alpha value is -3.08. The number of Topliss-reactive ketones (excluding diaryl/α,β-unsaturated/α-hetero) is 2. The maximum absolute atomic E-state index is 15.6. The number of fused-ring (bicyclic) bond motifs is 4. The van der Waals surface area contributed by atoms with Crippen LogP contribution >= 0.6 is 0 Å². The van der Waals surface area contributed by atoms with E-state index in [1.54, 1.807) is 0 Å². The number of aromatic amines is 1. The van der Waals surface area contributed by atoms with Gasteiger partial charge in [-0.05, 0) is 165 Å². The fourth-order valence-electron chi connectivity index (χ4n) is 19.5. The number of ether oxygens (including phenoxy) is 2. The van der Waals surface area contributed by atoms with E-state index in [0.717, 1.165) is 92.5 Å². The number of aliphatic hydroxyl groups excluding tert-OH is 3. The van der Waals surface area contributed by atoms with Crippen LogP contribution in [0.25, 0.3) is 11.0 Å². The summed E-state index contributed by atoms with van der Waals surface area (Å²) in [5, 5.41) is 37.4. The van der Waals surface area contributed by atoms with Crippen molar-refractivity contribution in [2.75, 3.05) is 19.8 Å². The van der Waals surface area contributed by atoms with E-state index in [1.165, 1.54) is 72.8 Å². The highest BCUT2D eigenvalue weighted by atomic mass is 16.6. The number of benzene rings is 1.